The maximum absolute atomic E-state index is 13.5. The standard InChI is InChI=1S/C23H24N4O3S/c1-15(28)16-10-12-18(13-11-16)27(22(30)19-14-31-26-25-19)20(17-8-6-5-7-9-17)21(29)24-23(2,3)4/h5-14,20H,1-4H3,(H,24,29)/t20-/m0/s1. The summed E-state index contributed by atoms with van der Waals surface area (Å²) < 4.78 is 3.79. The zero-order chi connectivity index (χ0) is 22.6. The number of nitrogens with zero attached hydrogens (tertiary/aromatic N) is 3. The van der Waals surface area contributed by atoms with E-state index in [1.165, 1.54) is 11.8 Å². The highest BCUT2D eigenvalue weighted by molar-refractivity contribution is 7.03. The molecule has 0 aliphatic carbocycles. The Balaban J connectivity index is 2.15. The summed E-state index contributed by atoms with van der Waals surface area (Å²) in [5, 5.41) is 8.43. The van der Waals surface area contributed by atoms with Gasteiger partial charge in [0.25, 0.3) is 5.91 Å². The summed E-state index contributed by atoms with van der Waals surface area (Å²) >= 11 is 1.06. The van der Waals surface area contributed by atoms with Crippen LogP contribution >= 0.6 is 11.5 Å². The van der Waals surface area contributed by atoms with Crippen LogP contribution < -0.4 is 10.2 Å². The number of nitrogens with one attached hydrogen (secondary N) is 1. The van der Waals surface area contributed by atoms with Crippen molar-refractivity contribution in [3.8, 4) is 0 Å². The van der Waals surface area contributed by atoms with E-state index >= 15 is 0 Å². The van der Waals surface area contributed by atoms with Gasteiger partial charge in [-0.2, -0.15) is 0 Å². The monoisotopic (exact) mass is 436 g/mol. The van der Waals surface area contributed by atoms with E-state index in [9.17, 15) is 14.4 Å². The fraction of sp³-hybridized carbons (Fsp3) is 0.261. The lowest BCUT2D eigenvalue weighted by Gasteiger charge is -2.33. The van der Waals surface area contributed by atoms with Crippen molar-refractivity contribution in [3.05, 3.63) is 76.8 Å². The average Bonchev–Trinajstić information content (AvgIpc) is 3.26. The number of hydrogen-bond acceptors (Lipinski definition) is 6. The maximum Gasteiger partial charge on any atom is 0.280 e. The second-order valence-electron chi connectivity index (χ2n) is 8.12. The minimum atomic E-state index is -0.946. The quantitative estimate of drug-likeness (QED) is 0.589. The minimum absolute atomic E-state index is 0.0850. The third-order valence-electron chi connectivity index (χ3n) is 4.47. The zero-order valence-corrected chi connectivity index (χ0v) is 18.6. The molecule has 0 fully saturated rings. The van der Waals surface area contributed by atoms with Crippen LogP contribution in [0.4, 0.5) is 5.69 Å². The van der Waals surface area contributed by atoms with Gasteiger partial charge in [-0.05, 0) is 69.1 Å². The SMILES string of the molecule is CC(=O)c1ccc(N(C(=O)c2csnn2)[C@H](C(=O)NC(C)(C)C)c2ccccc2)cc1. The molecule has 0 aliphatic rings. The average molecular weight is 437 g/mol. The van der Waals surface area contributed by atoms with Crippen LogP contribution in [0.3, 0.4) is 0 Å². The first-order chi connectivity index (χ1) is 14.7. The smallest absolute Gasteiger partial charge is 0.280 e. The van der Waals surface area contributed by atoms with Gasteiger partial charge in [0, 0.05) is 22.2 Å². The van der Waals surface area contributed by atoms with Gasteiger partial charge in [-0.1, -0.05) is 34.8 Å². The second kappa shape index (κ2) is 9.18. The Morgan fingerprint density at radius 3 is 2.16 bits per heavy atom. The van der Waals surface area contributed by atoms with Crippen LogP contribution in [0.25, 0.3) is 0 Å². The molecule has 160 valence electrons. The number of Topliss-reactive ketones (excluding diaryl/α,β-unsaturated/α-hetero) is 1. The van der Waals surface area contributed by atoms with Gasteiger partial charge in [-0.15, -0.1) is 5.10 Å². The molecule has 0 saturated heterocycles. The van der Waals surface area contributed by atoms with Crippen LogP contribution in [0.2, 0.25) is 0 Å². The van der Waals surface area contributed by atoms with Gasteiger partial charge < -0.3 is 5.32 Å². The van der Waals surface area contributed by atoms with E-state index in [4.69, 9.17) is 0 Å². The molecule has 1 atom stereocenters. The van der Waals surface area contributed by atoms with Crippen molar-refractivity contribution in [2.24, 2.45) is 0 Å². The van der Waals surface area contributed by atoms with Crippen molar-refractivity contribution in [1.82, 2.24) is 14.9 Å². The topological polar surface area (TPSA) is 92.3 Å². The first kappa shape index (κ1) is 22.3. The summed E-state index contributed by atoms with van der Waals surface area (Å²) in [4.78, 5) is 40.0. The van der Waals surface area contributed by atoms with E-state index in [1.54, 1.807) is 41.8 Å². The number of carbonyl (C=O) groups excluding carboxylic acids is 3. The van der Waals surface area contributed by atoms with Crippen molar-refractivity contribution < 1.29 is 14.4 Å². The van der Waals surface area contributed by atoms with Crippen LogP contribution in [0.1, 0.15) is 60.1 Å². The van der Waals surface area contributed by atoms with Crippen molar-refractivity contribution in [3.63, 3.8) is 0 Å². The Hall–Kier alpha value is -3.39. The number of rotatable bonds is 6. The number of amides is 2. The van der Waals surface area contributed by atoms with Crippen LogP contribution in [0.15, 0.2) is 60.0 Å². The zero-order valence-electron chi connectivity index (χ0n) is 17.8. The lowest BCUT2D eigenvalue weighted by Crippen LogP contribution is -2.49. The Morgan fingerprint density at radius 2 is 1.65 bits per heavy atom. The van der Waals surface area contributed by atoms with Gasteiger partial charge in [0.2, 0.25) is 5.91 Å². The number of anilines is 1. The van der Waals surface area contributed by atoms with Gasteiger partial charge in [0.1, 0.15) is 6.04 Å². The fourth-order valence-corrected chi connectivity index (χ4v) is 3.54. The molecule has 0 spiro atoms. The molecule has 3 rings (SSSR count). The van der Waals surface area contributed by atoms with Gasteiger partial charge in [0.05, 0.1) is 0 Å². The lowest BCUT2D eigenvalue weighted by molar-refractivity contribution is -0.123. The van der Waals surface area contributed by atoms with Crippen LogP contribution in [0.5, 0.6) is 0 Å². The summed E-state index contributed by atoms with van der Waals surface area (Å²) in [5.41, 5.74) is 1.28. The van der Waals surface area contributed by atoms with Gasteiger partial charge in [-0.25, -0.2) is 0 Å². The highest BCUT2D eigenvalue weighted by atomic mass is 32.1. The molecule has 1 heterocycles. The Kier molecular flexibility index (Phi) is 6.60. The predicted octanol–water partition coefficient (Wildman–Crippen LogP) is 4.04. The van der Waals surface area contributed by atoms with E-state index in [0.29, 0.717) is 16.8 Å². The summed E-state index contributed by atoms with van der Waals surface area (Å²) in [7, 11) is 0. The molecule has 7 nitrogen and oxygen atoms in total. The third kappa shape index (κ3) is 5.40. The highest BCUT2D eigenvalue weighted by Crippen LogP contribution is 2.30. The molecule has 31 heavy (non-hydrogen) atoms. The van der Waals surface area contributed by atoms with E-state index in [0.717, 1.165) is 11.5 Å². The Labute approximate surface area is 185 Å². The Morgan fingerprint density at radius 1 is 1.00 bits per heavy atom. The normalized spacial score (nSPS) is 12.1. The van der Waals surface area contributed by atoms with Gasteiger partial charge in [0.15, 0.2) is 11.5 Å². The van der Waals surface area contributed by atoms with Crippen molar-refractivity contribution >= 4 is 34.8 Å². The molecule has 1 N–H and O–H groups in total. The minimum Gasteiger partial charge on any atom is -0.349 e. The number of carbonyl (C=O) groups is 3. The number of ketones is 1. The first-order valence-electron chi connectivity index (χ1n) is 9.76. The van der Waals surface area contributed by atoms with E-state index in [2.05, 4.69) is 14.9 Å². The molecule has 3 aromatic rings. The highest BCUT2D eigenvalue weighted by Gasteiger charge is 2.35. The summed E-state index contributed by atoms with van der Waals surface area (Å²) in [6.45, 7) is 7.11. The van der Waals surface area contributed by atoms with Gasteiger partial charge >= 0.3 is 0 Å². The van der Waals surface area contributed by atoms with Crippen LogP contribution in [-0.2, 0) is 4.79 Å². The molecule has 8 heteroatoms. The van der Waals surface area contributed by atoms with Gasteiger partial charge in [-0.3, -0.25) is 19.3 Å². The van der Waals surface area contributed by atoms with E-state index in [1.807, 2.05) is 39.0 Å². The molecular weight excluding hydrogens is 412 g/mol. The van der Waals surface area contributed by atoms with Crippen molar-refractivity contribution in [1.29, 1.82) is 0 Å². The Bertz CT molecular complexity index is 1060. The summed E-state index contributed by atoms with van der Waals surface area (Å²) in [6, 6.07) is 14.7. The molecule has 0 bridgehead atoms. The molecule has 0 saturated carbocycles. The van der Waals surface area contributed by atoms with Crippen molar-refractivity contribution in [2.75, 3.05) is 4.90 Å². The molecular formula is C23H24N4O3S. The summed E-state index contributed by atoms with van der Waals surface area (Å²) in [5.74, 6) is -0.869. The molecule has 0 aliphatic heterocycles. The number of aromatic nitrogens is 2. The number of benzene rings is 2. The predicted molar refractivity (Wildman–Crippen MR) is 120 cm³/mol. The number of hydrogen-bond donors (Lipinski definition) is 1. The lowest BCUT2D eigenvalue weighted by atomic mass is 10.00. The van der Waals surface area contributed by atoms with Crippen LogP contribution in [-0.4, -0.2) is 32.7 Å². The second-order valence-corrected chi connectivity index (χ2v) is 8.73. The third-order valence-corrected chi connectivity index (χ3v) is 4.97. The molecule has 2 aromatic carbocycles. The fourth-order valence-electron chi connectivity index (χ4n) is 3.11. The van der Waals surface area contributed by atoms with E-state index < -0.39 is 17.5 Å². The molecule has 0 radical (unpaired) electrons. The first-order valence-corrected chi connectivity index (χ1v) is 10.6. The maximum atomic E-state index is 13.5. The van der Waals surface area contributed by atoms with E-state index in [-0.39, 0.29) is 17.4 Å². The molecule has 0 unspecified atom stereocenters. The van der Waals surface area contributed by atoms with Crippen molar-refractivity contribution in [2.45, 2.75) is 39.3 Å². The largest absolute Gasteiger partial charge is 0.349 e. The summed E-state index contributed by atoms with van der Waals surface area (Å²) in [6.07, 6.45) is 0. The molecule has 2 amide bonds. The van der Waals surface area contributed by atoms with Crippen LogP contribution in [0, 0.1) is 0 Å². The molecule has 1 aromatic heterocycles.